The first kappa shape index (κ1) is 22.7. The van der Waals surface area contributed by atoms with Crippen LogP contribution in [0, 0.1) is 5.41 Å². The summed E-state index contributed by atoms with van der Waals surface area (Å²) in [5, 5.41) is 8.12. The number of furan rings is 1. The predicted molar refractivity (Wildman–Crippen MR) is 125 cm³/mol. The number of fused-ring (bicyclic) bond motifs is 1. The van der Waals surface area contributed by atoms with E-state index in [1.54, 1.807) is 43.3 Å². The van der Waals surface area contributed by atoms with Gasteiger partial charge in [-0.3, -0.25) is 10.2 Å². The lowest BCUT2D eigenvalue weighted by Crippen LogP contribution is -2.45. The molecule has 1 N–H and O–H groups in total. The molecule has 0 unspecified atom stereocenters. The molecule has 3 heterocycles. The van der Waals surface area contributed by atoms with Gasteiger partial charge in [-0.2, -0.15) is 9.39 Å². The van der Waals surface area contributed by atoms with E-state index >= 15 is 0 Å². The molecule has 1 amide bonds. The van der Waals surface area contributed by atoms with E-state index in [2.05, 4.69) is 9.39 Å². The topological polar surface area (TPSA) is 142 Å². The highest BCUT2D eigenvalue weighted by atomic mass is 32.2. The Balaban J connectivity index is 1.64. The molecule has 0 bridgehead atoms. The van der Waals surface area contributed by atoms with Crippen molar-refractivity contribution in [2.24, 2.45) is 9.39 Å². The first-order valence-electron chi connectivity index (χ1n) is 9.84. The van der Waals surface area contributed by atoms with E-state index in [0.717, 1.165) is 16.8 Å². The summed E-state index contributed by atoms with van der Waals surface area (Å²) in [4.78, 5) is 29.4. The lowest BCUT2D eigenvalue weighted by molar-refractivity contribution is -0.114. The number of hydrogen-bond acceptors (Lipinski definition) is 9. The number of sulfone groups is 1. The van der Waals surface area contributed by atoms with Crippen molar-refractivity contribution in [3.63, 3.8) is 0 Å². The molecule has 1 aromatic heterocycles. The van der Waals surface area contributed by atoms with Gasteiger partial charge in [0.1, 0.15) is 17.4 Å². The Bertz CT molecular complexity index is 1370. The smallest absolute Gasteiger partial charge is 0.338 e. The SMILES string of the molecule is CCOC(=O)c1cccc(-c2ccc(/C=C3/C(=N)N4C(=NC3=O)SN=C4S(=O)(=O)CC)o2)c1. The van der Waals surface area contributed by atoms with Gasteiger partial charge in [-0.1, -0.05) is 19.1 Å². The largest absolute Gasteiger partial charge is 0.462 e. The van der Waals surface area contributed by atoms with Gasteiger partial charge < -0.3 is 9.15 Å². The van der Waals surface area contributed by atoms with Gasteiger partial charge in [-0.25, -0.2) is 18.1 Å². The van der Waals surface area contributed by atoms with Gasteiger partial charge >= 0.3 is 5.97 Å². The molecule has 0 fully saturated rings. The van der Waals surface area contributed by atoms with Crippen molar-refractivity contribution in [1.82, 2.24) is 4.90 Å². The molecule has 10 nitrogen and oxygen atoms in total. The minimum atomic E-state index is -3.73. The summed E-state index contributed by atoms with van der Waals surface area (Å²) in [6.07, 6.45) is 1.32. The molecule has 1 aromatic carbocycles. The number of esters is 1. The Hall–Kier alpha value is -3.51. The Labute approximate surface area is 193 Å². The van der Waals surface area contributed by atoms with Crippen LogP contribution in [-0.4, -0.2) is 53.7 Å². The van der Waals surface area contributed by atoms with Crippen LogP contribution in [0.25, 0.3) is 17.4 Å². The molecule has 0 saturated heterocycles. The standard InChI is InChI=1S/C21H18N4O6S2/c1-3-30-19(27)13-7-5-6-12(10-13)16-9-8-14(31-16)11-15-17(22)25-20(23-18(15)26)32-24-21(25)33(28,29)4-2/h5-11,22H,3-4H2,1-2H3/b15-11-,22-17?. The van der Waals surface area contributed by atoms with Crippen LogP contribution in [0.15, 0.2) is 55.8 Å². The summed E-state index contributed by atoms with van der Waals surface area (Å²) in [7, 11) is -3.73. The average molecular weight is 487 g/mol. The number of amides is 1. The molecule has 2 aliphatic rings. The minimum Gasteiger partial charge on any atom is -0.462 e. The second kappa shape index (κ2) is 8.79. The third-order valence-electron chi connectivity index (χ3n) is 4.72. The van der Waals surface area contributed by atoms with Crippen LogP contribution < -0.4 is 0 Å². The number of hydrogen-bond donors (Lipinski definition) is 1. The highest BCUT2D eigenvalue weighted by Crippen LogP contribution is 2.31. The van der Waals surface area contributed by atoms with Crippen LogP contribution >= 0.6 is 11.9 Å². The minimum absolute atomic E-state index is 0.0186. The maximum absolute atomic E-state index is 12.5. The van der Waals surface area contributed by atoms with Gasteiger partial charge in [0.05, 0.1) is 35.4 Å². The molecule has 4 rings (SSSR count). The number of rotatable bonds is 5. The third kappa shape index (κ3) is 4.26. The maximum atomic E-state index is 12.5. The number of benzene rings is 1. The van der Waals surface area contributed by atoms with Gasteiger partial charge in [0.25, 0.3) is 5.91 Å². The number of aliphatic imine (C=N–C) groups is 1. The first-order chi connectivity index (χ1) is 15.7. The summed E-state index contributed by atoms with van der Waals surface area (Å²) < 4.78 is 39.4. The first-order valence-corrected chi connectivity index (χ1v) is 12.3. The number of nitrogens with one attached hydrogen (secondary N) is 1. The van der Waals surface area contributed by atoms with E-state index in [4.69, 9.17) is 14.6 Å². The molecular formula is C21H18N4O6S2. The number of carbonyl (C=O) groups is 2. The number of amidine groups is 3. The molecule has 0 radical (unpaired) electrons. The van der Waals surface area contributed by atoms with Crippen molar-refractivity contribution in [2.75, 3.05) is 12.4 Å². The zero-order valence-corrected chi connectivity index (χ0v) is 19.2. The molecule has 0 saturated carbocycles. The van der Waals surface area contributed by atoms with Crippen LogP contribution in [0.4, 0.5) is 0 Å². The molecule has 170 valence electrons. The molecule has 2 aromatic rings. The Morgan fingerprint density at radius 2 is 2.06 bits per heavy atom. The monoisotopic (exact) mass is 486 g/mol. The highest BCUT2D eigenvalue weighted by Gasteiger charge is 2.42. The maximum Gasteiger partial charge on any atom is 0.338 e. The second-order valence-electron chi connectivity index (χ2n) is 6.81. The quantitative estimate of drug-likeness (QED) is 0.386. The summed E-state index contributed by atoms with van der Waals surface area (Å²) in [6.45, 7) is 3.44. The van der Waals surface area contributed by atoms with Gasteiger partial charge in [0.15, 0.2) is 0 Å². The van der Waals surface area contributed by atoms with Crippen molar-refractivity contribution in [3.8, 4) is 11.3 Å². The second-order valence-corrected chi connectivity index (χ2v) is 9.72. The van der Waals surface area contributed by atoms with E-state index in [9.17, 15) is 18.0 Å². The van der Waals surface area contributed by atoms with Crippen LogP contribution in [0.3, 0.4) is 0 Å². The van der Waals surface area contributed by atoms with Crippen molar-refractivity contribution in [2.45, 2.75) is 13.8 Å². The lowest BCUT2D eigenvalue weighted by Gasteiger charge is -2.24. The number of nitrogens with zero attached hydrogens (tertiary/aromatic N) is 3. The molecule has 12 heteroatoms. The highest BCUT2D eigenvalue weighted by molar-refractivity contribution is 8.16. The fraction of sp³-hybridized carbons (Fsp3) is 0.190. The van der Waals surface area contributed by atoms with Gasteiger partial charge in [-0.05, 0) is 37.3 Å². The van der Waals surface area contributed by atoms with Crippen molar-refractivity contribution >= 4 is 55.9 Å². The van der Waals surface area contributed by atoms with Gasteiger partial charge in [-0.15, -0.1) is 0 Å². The summed E-state index contributed by atoms with van der Waals surface area (Å²) in [6, 6.07) is 9.94. The van der Waals surface area contributed by atoms with E-state index in [-0.39, 0.29) is 39.9 Å². The van der Waals surface area contributed by atoms with Crippen molar-refractivity contribution < 1.29 is 27.2 Å². The van der Waals surface area contributed by atoms with E-state index < -0.39 is 21.7 Å². The van der Waals surface area contributed by atoms with Gasteiger partial charge in [0.2, 0.25) is 20.2 Å². The molecule has 0 atom stereocenters. The van der Waals surface area contributed by atoms with Crippen LogP contribution in [0.1, 0.15) is 30.0 Å². The molecular weight excluding hydrogens is 468 g/mol. The predicted octanol–water partition coefficient (Wildman–Crippen LogP) is 3.13. The zero-order valence-electron chi connectivity index (χ0n) is 17.6. The average Bonchev–Trinajstić information content (AvgIpc) is 3.44. The Morgan fingerprint density at radius 3 is 2.79 bits per heavy atom. The lowest BCUT2D eigenvalue weighted by atomic mass is 10.1. The zero-order chi connectivity index (χ0) is 23.8. The number of carbonyl (C=O) groups excluding carboxylic acids is 2. The third-order valence-corrected chi connectivity index (χ3v) is 7.13. The van der Waals surface area contributed by atoms with E-state index in [1.807, 2.05) is 0 Å². The summed E-state index contributed by atoms with van der Waals surface area (Å²) in [5.74, 6) is -1.03. The molecule has 2 aliphatic heterocycles. The fourth-order valence-electron chi connectivity index (χ4n) is 3.07. The normalized spacial score (nSPS) is 17.2. The van der Waals surface area contributed by atoms with Crippen LogP contribution in [-0.2, 0) is 19.4 Å². The van der Waals surface area contributed by atoms with Crippen LogP contribution in [0.5, 0.6) is 0 Å². The molecule has 0 aliphatic carbocycles. The number of ether oxygens (including phenoxy) is 1. The van der Waals surface area contributed by atoms with E-state index in [0.29, 0.717) is 16.9 Å². The van der Waals surface area contributed by atoms with E-state index in [1.165, 1.54) is 13.0 Å². The fourth-order valence-corrected chi connectivity index (χ4v) is 5.03. The Morgan fingerprint density at radius 1 is 1.27 bits per heavy atom. The molecule has 33 heavy (non-hydrogen) atoms. The van der Waals surface area contributed by atoms with Gasteiger partial charge in [0, 0.05) is 5.56 Å². The van der Waals surface area contributed by atoms with Crippen molar-refractivity contribution in [1.29, 1.82) is 5.41 Å². The van der Waals surface area contributed by atoms with Crippen LogP contribution in [0.2, 0.25) is 0 Å². The Kier molecular flexibility index (Phi) is 6.04. The van der Waals surface area contributed by atoms with Crippen molar-refractivity contribution in [3.05, 3.63) is 53.3 Å². The molecule has 0 spiro atoms. The summed E-state index contributed by atoms with van der Waals surface area (Å²) in [5.41, 5.74) is 0.851. The summed E-state index contributed by atoms with van der Waals surface area (Å²) >= 11 is 0.736.